The highest BCUT2D eigenvalue weighted by molar-refractivity contribution is 5.83. The molecule has 0 unspecified atom stereocenters. The molecular weight excluding hydrogens is 253 g/mol. The Balaban J connectivity index is 2.03. The van der Waals surface area contributed by atoms with Crippen molar-refractivity contribution in [2.45, 2.75) is 19.4 Å². The van der Waals surface area contributed by atoms with E-state index in [1.165, 1.54) is 12.1 Å². The zero-order valence-electron chi connectivity index (χ0n) is 11.7. The Morgan fingerprint density at radius 2 is 1.70 bits per heavy atom. The lowest BCUT2D eigenvalue weighted by atomic mass is 10.00. The molecule has 0 heterocycles. The smallest absolute Gasteiger partial charge is 0.229 e. The van der Waals surface area contributed by atoms with Crippen molar-refractivity contribution in [1.82, 2.24) is 4.90 Å². The quantitative estimate of drug-likeness (QED) is 0.832. The average molecular weight is 271 g/mol. The van der Waals surface area contributed by atoms with E-state index in [0.29, 0.717) is 6.54 Å². The fourth-order valence-corrected chi connectivity index (χ4v) is 2.16. The summed E-state index contributed by atoms with van der Waals surface area (Å²) in [7, 11) is 1.77. The van der Waals surface area contributed by atoms with E-state index < -0.39 is 0 Å². The first-order chi connectivity index (χ1) is 9.58. The van der Waals surface area contributed by atoms with E-state index in [0.717, 1.165) is 11.1 Å². The van der Waals surface area contributed by atoms with E-state index in [4.69, 9.17) is 0 Å². The van der Waals surface area contributed by atoms with Gasteiger partial charge in [0.1, 0.15) is 5.82 Å². The summed E-state index contributed by atoms with van der Waals surface area (Å²) in [6.07, 6.45) is 0. The van der Waals surface area contributed by atoms with E-state index >= 15 is 0 Å². The number of carbonyl (C=O) groups is 1. The minimum atomic E-state index is -0.264. The second-order valence-corrected chi connectivity index (χ2v) is 4.95. The maximum atomic E-state index is 12.9. The molecular formula is C17H18FNO. The van der Waals surface area contributed by atoms with Crippen molar-refractivity contribution >= 4 is 5.91 Å². The summed E-state index contributed by atoms with van der Waals surface area (Å²) < 4.78 is 12.9. The first-order valence-electron chi connectivity index (χ1n) is 6.62. The van der Waals surface area contributed by atoms with Gasteiger partial charge in [-0.25, -0.2) is 4.39 Å². The van der Waals surface area contributed by atoms with Gasteiger partial charge >= 0.3 is 0 Å². The summed E-state index contributed by atoms with van der Waals surface area (Å²) >= 11 is 0. The van der Waals surface area contributed by atoms with Crippen LogP contribution in [0.4, 0.5) is 4.39 Å². The molecule has 0 spiro atoms. The Morgan fingerprint density at radius 1 is 1.10 bits per heavy atom. The minimum Gasteiger partial charge on any atom is -0.341 e. The summed E-state index contributed by atoms with van der Waals surface area (Å²) in [5.74, 6) is -0.387. The van der Waals surface area contributed by atoms with Crippen molar-refractivity contribution in [2.24, 2.45) is 0 Å². The maximum Gasteiger partial charge on any atom is 0.229 e. The summed E-state index contributed by atoms with van der Waals surface area (Å²) in [6, 6.07) is 15.9. The molecule has 2 aromatic carbocycles. The maximum absolute atomic E-state index is 12.9. The van der Waals surface area contributed by atoms with Crippen LogP contribution in [0.3, 0.4) is 0 Å². The molecule has 2 aromatic rings. The number of hydrogen-bond donors (Lipinski definition) is 0. The van der Waals surface area contributed by atoms with Gasteiger partial charge in [0.25, 0.3) is 0 Å². The van der Waals surface area contributed by atoms with Crippen LogP contribution in [0.1, 0.15) is 24.0 Å². The molecule has 0 saturated heterocycles. The van der Waals surface area contributed by atoms with Gasteiger partial charge in [-0.2, -0.15) is 0 Å². The van der Waals surface area contributed by atoms with Crippen LogP contribution in [0.25, 0.3) is 0 Å². The number of halogens is 1. The highest BCUT2D eigenvalue weighted by atomic mass is 19.1. The lowest BCUT2D eigenvalue weighted by Crippen LogP contribution is -2.30. The molecule has 0 fully saturated rings. The van der Waals surface area contributed by atoms with Crippen LogP contribution in [0.2, 0.25) is 0 Å². The third-order valence-corrected chi connectivity index (χ3v) is 3.38. The zero-order chi connectivity index (χ0) is 14.5. The van der Waals surface area contributed by atoms with E-state index in [1.807, 2.05) is 37.3 Å². The number of carbonyl (C=O) groups excluding carboxylic acids is 1. The number of likely N-dealkylation sites (N-methyl/N-ethyl adjacent to an activating group) is 1. The molecule has 0 aliphatic heterocycles. The summed E-state index contributed by atoms with van der Waals surface area (Å²) in [6.45, 7) is 2.38. The molecule has 20 heavy (non-hydrogen) atoms. The topological polar surface area (TPSA) is 20.3 Å². The molecule has 0 aromatic heterocycles. The summed E-state index contributed by atoms with van der Waals surface area (Å²) in [4.78, 5) is 14.0. The third kappa shape index (κ3) is 3.44. The van der Waals surface area contributed by atoms with Crippen molar-refractivity contribution in [3.8, 4) is 0 Å². The first-order valence-corrected chi connectivity index (χ1v) is 6.62. The Morgan fingerprint density at radius 3 is 2.30 bits per heavy atom. The van der Waals surface area contributed by atoms with Gasteiger partial charge in [0.15, 0.2) is 0 Å². The number of amides is 1. The van der Waals surface area contributed by atoms with Crippen LogP contribution in [0.15, 0.2) is 54.6 Å². The molecule has 0 bridgehead atoms. The summed E-state index contributed by atoms with van der Waals surface area (Å²) in [5.41, 5.74) is 1.92. The molecule has 2 nitrogen and oxygen atoms in total. The standard InChI is InChI=1S/C17H18FNO/c1-13(15-6-4-3-5-7-15)17(20)19(2)12-14-8-10-16(18)11-9-14/h3-11,13H,12H2,1-2H3/t13-/m1/s1. The van der Waals surface area contributed by atoms with Gasteiger partial charge < -0.3 is 4.90 Å². The SMILES string of the molecule is C[C@@H](C(=O)N(C)Cc1ccc(F)cc1)c1ccccc1. The predicted octanol–water partition coefficient (Wildman–Crippen LogP) is 3.59. The van der Waals surface area contributed by atoms with Gasteiger partial charge in [0.2, 0.25) is 5.91 Å². The van der Waals surface area contributed by atoms with Crippen molar-refractivity contribution in [1.29, 1.82) is 0 Å². The van der Waals surface area contributed by atoms with Crippen LogP contribution in [0.5, 0.6) is 0 Å². The van der Waals surface area contributed by atoms with Gasteiger partial charge in [-0.05, 0) is 30.2 Å². The van der Waals surface area contributed by atoms with Crippen molar-refractivity contribution < 1.29 is 9.18 Å². The molecule has 104 valence electrons. The van der Waals surface area contributed by atoms with Crippen LogP contribution in [-0.2, 0) is 11.3 Å². The van der Waals surface area contributed by atoms with E-state index in [-0.39, 0.29) is 17.6 Å². The Hall–Kier alpha value is -2.16. The molecule has 3 heteroatoms. The molecule has 0 radical (unpaired) electrons. The van der Waals surface area contributed by atoms with Crippen LogP contribution in [-0.4, -0.2) is 17.9 Å². The number of hydrogen-bond acceptors (Lipinski definition) is 1. The van der Waals surface area contributed by atoms with Gasteiger partial charge in [-0.1, -0.05) is 42.5 Å². The van der Waals surface area contributed by atoms with Gasteiger partial charge in [0, 0.05) is 13.6 Å². The van der Waals surface area contributed by atoms with Crippen molar-refractivity contribution in [2.75, 3.05) is 7.05 Å². The average Bonchev–Trinajstić information content (AvgIpc) is 2.49. The lowest BCUT2D eigenvalue weighted by Gasteiger charge is -2.21. The minimum absolute atomic E-state index is 0.0560. The van der Waals surface area contributed by atoms with E-state index in [1.54, 1.807) is 24.1 Å². The molecule has 1 amide bonds. The molecule has 0 aliphatic rings. The van der Waals surface area contributed by atoms with Gasteiger partial charge in [0.05, 0.1) is 5.92 Å². The fourth-order valence-electron chi connectivity index (χ4n) is 2.16. The number of rotatable bonds is 4. The molecule has 0 saturated carbocycles. The molecule has 0 N–H and O–H groups in total. The second-order valence-electron chi connectivity index (χ2n) is 4.95. The molecule has 2 rings (SSSR count). The Labute approximate surface area is 118 Å². The lowest BCUT2D eigenvalue weighted by molar-refractivity contribution is -0.131. The van der Waals surface area contributed by atoms with Gasteiger partial charge in [-0.15, -0.1) is 0 Å². The van der Waals surface area contributed by atoms with Crippen molar-refractivity contribution in [3.05, 3.63) is 71.5 Å². The predicted molar refractivity (Wildman–Crippen MR) is 77.7 cm³/mol. The van der Waals surface area contributed by atoms with E-state index in [2.05, 4.69) is 0 Å². The van der Waals surface area contributed by atoms with Crippen LogP contribution < -0.4 is 0 Å². The zero-order valence-corrected chi connectivity index (χ0v) is 11.7. The Bertz CT molecular complexity index is 565. The van der Waals surface area contributed by atoms with E-state index in [9.17, 15) is 9.18 Å². The number of nitrogens with zero attached hydrogens (tertiary/aromatic N) is 1. The fraction of sp³-hybridized carbons (Fsp3) is 0.235. The molecule has 1 atom stereocenters. The normalized spacial score (nSPS) is 11.9. The summed E-state index contributed by atoms with van der Waals surface area (Å²) in [5, 5.41) is 0. The Kier molecular flexibility index (Phi) is 4.51. The monoisotopic (exact) mass is 271 g/mol. The van der Waals surface area contributed by atoms with Crippen LogP contribution >= 0.6 is 0 Å². The highest BCUT2D eigenvalue weighted by Crippen LogP contribution is 2.18. The molecule has 0 aliphatic carbocycles. The van der Waals surface area contributed by atoms with Crippen molar-refractivity contribution in [3.63, 3.8) is 0 Å². The number of benzene rings is 2. The van der Waals surface area contributed by atoms with Crippen LogP contribution in [0, 0.1) is 5.82 Å². The highest BCUT2D eigenvalue weighted by Gasteiger charge is 2.19. The first kappa shape index (κ1) is 14.3. The second kappa shape index (κ2) is 6.33. The third-order valence-electron chi connectivity index (χ3n) is 3.38. The van der Waals surface area contributed by atoms with Gasteiger partial charge in [-0.3, -0.25) is 4.79 Å². The largest absolute Gasteiger partial charge is 0.341 e.